The highest BCUT2D eigenvalue weighted by Gasteiger charge is 2.02. The van der Waals surface area contributed by atoms with Gasteiger partial charge in [-0.05, 0) is 30.8 Å². The first kappa shape index (κ1) is 7.92. The molecule has 1 aromatic heterocycles. The summed E-state index contributed by atoms with van der Waals surface area (Å²) in [6.07, 6.45) is 3.44. The first-order valence-electron chi connectivity index (χ1n) is 4.28. The van der Waals surface area contributed by atoms with Crippen molar-refractivity contribution in [1.82, 2.24) is 4.98 Å². The van der Waals surface area contributed by atoms with Crippen LogP contribution >= 0.6 is 0 Å². The zero-order valence-corrected chi connectivity index (χ0v) is 7.54. The fourth-order valence-electron chi connectivity index (χ4n) is 1.57. The van der Waals surface area contributed by atoms with Gasteiger partial charge in [0.2, 0.25) is 0 Å². The summed E-state index contributed by atoms with van der Waals surface area (Å²) in [5.74, 6) is 0. The predicted octanol–water partition coefficient (Wildman–Crippen LogP) is 2.41. The van der Waals surface area contributed by atoms with E-state index in [1.54, 1.807) is 6.20 Å². The number of H-pyrrole nitrogens is 1. The van der Waals surface area contributed by atoms with Crippen molar-refractivity contribution in [3.8, 4) is 0 Å². The van der Waals surface area contributed by atoms with E-state index in [0.717, 1.165) is 11.2 Å². The molecule has 0 aliphatic heterocycles. The first-order valence-corrected chi connectivity index (χ1v) is 4.28. The van der Waals surface area contributed by atoms with E-state index >= 15 is 0 Å². The number of aromatic nitrogens is 1. The van der Waals surface area contributed by atoms with E-state index in [4.69, 9.17) is 5.73 Å². The smallest absolute Gasteiger partial charge is 0.0461 e. The van der Waals surface area contributed by atoms with Gasteiger partial charge in [0, 0.05) is 16.6 Å². The normalized spacial score (nSPS) is 11.5. The van der Waals surface area contributed by atoms with Crippen LogP contribution in [0.2, 0.25) is 0 Å². The van der Waals surface area contributed by atoms with Crippen molar-refractivity contribution in [1.29, 1.82) is 0 Å². The fraction of sp³-hybridized carbons (Fsp3) is 0.0909. The second kappa shape index (κ2) is 2.98. The predicted molar refractivity (Wildman–Crippen MR) is 56.3 cm³/mol. The Labute approximate surface area is 77.1 Å². The van der Waals surface area contributed by atoms with Crippen LogP contribution in [-0.2, 0) is 0 Å². The van der Waals surface area contributed by atoms with Crippen LogP contribution in [0.1, 0.15) is 11.3 Å². The minimum atomic E-state index is 1.09. The summed E-state index contributed by atoms with van der Waals surface area (Å²) in [5, 5.41) is 1.26. The van der Waals surface area contributed by atoms with Crippen LogP contribution in [0.15, 0.2) is 30.5 Å². The molecule has 13 heavy (non-hydrogen) atoms. The molecule has 0 saturated carbocycles. The van der Waals surface area contributed by atoms with Gasteiger partial charge in [-0.2, -0.15) is 0 Å². The van der Waals surface area contributed by atoms with E-state index in [2.05, 4.69) is 24.0 Å². The van der Waals surface area contributed by atoms with Crippen molar-refractivity contribution in [3.63, 3.8) is 0 Å². The largest absolute Gasteiger partial charge is 0.405 e. The van der Waals surface area contributed by atoms with Gasteiger partial charge in [0.05, 0.1) is 0 Å². The number of hydrogen-bond donors (Lipinski definition) is 2. The summed E-state index contributed by atoms with van der Waals surface area (Å²) in [6.45, 7) is 2.09. The Bertz CT molecular complexity index is 452. The van der Waals surface area contributed by atoms with Crippen LogP contribution in [0.5, 0.6) is 0 Å². The lowest BCUT2D eigenvalue weighted by Crippen LogP contribution is -1.79. The Hall–Kier alpha value is -1.70. The maximum absolute atomic E-state index is 5.35. The molecule has 2 nitrogen and oxygen atoms in total. The Morgan fingerprint density at radius 1 is 1.31 bits per heavy atom. The quantitative estimate of drug-likeness (QED) is 0.681. The van der Waals surface area contributed by atoms with Gasteiger partial charge in [0.1, 0.15) is 0 Å². The molecule has 0 amide bonds. The van der Waals surface area contributed by atoms with Gasteiger partial charge in [0.15, 0.2) is 0 Å². The number of nitrogens with one attached hydrogen (secondary N) is 1. The highest BCUT2D eigenvalue weighted by atomic mass is 14.7. The summed E-state index contributed by atoms with van der Waals surface area (Å²) < 4.78 is 0. The number of fused-ring (bicyclic) bond motifs is 1. The first-order chi connectivity index (χ1) is 6.33. The van der Waals surface area contributed by atoms with Crippen LogP contribution in [0.25, 0.3) is 17.0 Å². The molecule has 1 heterocycles. The van der Waals surface area contributed by atoms with Crippen molar-refractivity contribution in [2.75, 3.05) is 0 Å². The molecule has 2 heteroatoms. The Balaban J connectivity index is 2.73. The molecule has 0 spiro atoms. The standard InChI is InChI=1S/C11H12N2/c1-8-9-4-2-3-5-11(9)13-10(8)6-7-12/h2-7,13H,12H2,1H3/b7-6-. The van der Waals surface area contributed by atoms with E-state index in [1.807, 2.05) is 18.2 Å². The lowest BCUT2D eigenvalue weighted by Gasteiger charge is -1.89. The molecule has 0 fully saturated rings. The Morgan fingerprint density at radius 3 is 2.77 bits per heavy atom. The Kier molecular flexibility index (Phi) is 1.81. The SMILES string of the molecule is Cc1c(/C=C\N)[nH]c2ccccc12. The molecule has 3 N–H and O–H groups in total. The Morgan fingerprint density at radius 2 is 2.08 bits per heavy atom. The average molecular weight is 172 g/mol. The summed E-state index contributed by atoms with van der Waals surface area (Å²) in [6, 6.07) is 8.23. The lowest BCUT2D eigenvalue weighted by molar-refractivity contribution is 1.37. The second-order valence-corrected chi connectivity index (χ2v) is 3.07. The lowest BCUT2D eigenvalue weighted by atomic mass is 10.1. The van der Waals surface area contributed by atoms with Crippen molar-refractivity contribution < 1.29 is 0 Å². The summed E-state index contributed by atoms with van der Waals surface area (Å²) >= 11 is 0. The molecule has 0 aliphatic carbocycles. The highest BCUT2D eigenvalue weighted by Crippen LogP contribution is 2.21. The van der Waals surface area contributed by atoms with Gasteiger partial charge in [-0.15, -0.1) is 0 Å². The maximum Gasteiger partial charge on any atom is 0.0461 e. The molecule has 0 unspecified atom stereocenters. The molecule has 0 atom stereocenters. The molecule has 66 valence electrons. The number of rotatable bonds is 1. The molecular formula is C11H12N2. The topological polar surface area (TPSA) is 41.8 Å². The van der Waals surface area contributed by atoms with E-state index in [-0.39, 0.29) is 0 Å². The summed E-state index contributed by atoms with van der Waals surface area (Å²) in [5.41, 5.74) is 8.85. The zero-order chi connectivity index (χ0) is 9.26. The van der Waals surface area contributed by atoms with Gasteiger partial charge < -0.3 is 10.7 Å². The fourth-order valence-corrected chi connectivity index (χ4v) is 1.57. The third-order valence-corrected chi connectivity index (χ3v) is 2.27. The molecular weight excluding hydrogens is 160 g/mol. The third kappa shape index (κ3) is 1.20. The molecule has 1 aromatic carbocycles. The number of nitrogens with two attached hydrogens (primary N) is 1. The molecule has 2 aromatic rings. The van der Waals surface area contributed by atoms with E-state index in [0.29, 0.717) is 0 Å². The number of benzene rings is 1. The molecule has 0 radical (unpaired) electrons. The van der Waals surface area contributed by atoms with Crippen LogP contribution in [0, 0.1) is 6.92 Å². The minimum absolute atomic E-state index is 1.09. The van der Waals surface area contributed by atoms with E-state index in [9.17, 15) is 0 Å². The summed E-state index contributed by atoms with van der Waals surface area (Å²) in [4.78, 5) is 3.30. The molecule has 0 aliphatic rings. The average Bonchev–Trinajstić information content (AvgIpc) is 2.46. The summed E-state index contributed by atoms with van der Waals surface area (Å²) in [7, 11) is 0. The van der Waals surface area contributed by atoms with Crippen molar-refractivity contribution in [3.05, 3.63) is 41.7 Å². The number of hydrogen-bond acceptors (Lipinski definition) is 1. The van der Waals surface area contributed by atoms with E-state index in [1.165, 1.54) is 10.9 Å². The van der Waals surface area contributed by atoms with Crippen molar-refractivity contribution >= 4 is 17.0 Å². The number of para-hydroxylation sites is 1. The maximum atomic E-state index is 5.35. The molecule has 2 rings (SSSR count). The van der Waals surface area contributed by atoms with Crippen LogP contribution in [0.3, 0.4) is 0 Å². The van der Waals surface area contributed by atoms with Gasteiger partial charge in [0.25, 0.3) is 0 Å². The second-order valence-electron chi connectivity index (χ2n) is 3.07. The van der Waals surface area contributed by atoms with Crippen LogP contribution in [0.4, 0.5) is 0 Å². The van der Waals surface area contributed by atoms with Crippen LogP contribution in [-0.4, -0.2) is 4.98 Å². The van der Waals surface area contributed by atoms with E-state index < -0.39 is 0 Å². The monoisotopic (exact) mass is 172 g/mol. The highest BCUT2D eigenvalue weighted by molar-refractivity contribution is 5.86. The van der Waals surface area contributed by atoms with Crippen molar-refractivity contribution in [2.45, 2.75) is 6.92 Å². The third-order valence-electron chi connectivity index (χ3n) is 2.27. The van der Waals surface area contributed by atoms with Gasteiger partial charge in [-0.25, -0.2) is 0 Å². The van der Waals surface area contributed by atoms with Gasteiger partial charge >= 0.3 is 0 Å². The van der Waals surface area contributed by atoms with Crippen LogP contribution < -0.4 is 5.73 Å². The zero-order valence-electron chi connectivity index (χ0n) is 7.54. The van der Waals surface area contributed by atoms with Gasteiger partial charge in [-0.1, -0.05) is 18.2 Å². The number of aryl methyl sites for hydroxylation is 1. The molecule has 0 bridgehead atoms. The van der Waals surface area contributed by atoms with Crippen molar-refractivity contribution in [2.24, 2.45) is 5.73 Å². The molecule has 0 saturated heterocycles. The van der Waals surface area contributed by atoms with Gasteiger partial charge in [-0.3, -0.25) is 0 Å². The number of aromatic amines is 1. The minimum Gasteiger partial charge on any atom is -0.405 e.